The van der Waals surface area contributed by atoms with Gasteiger partial charge in [0.1, 0.15) is 5.75 Å². The third-order valence-corrected chi connectivity index (χ3v) is 7.64. The predicted octanol–water partition coefficient (Wildman–Crippen LogP) is 5.62. The van der Waals surface area contributed by atoms with E-state index < -0.39 is 0 Å². The molecule has 0 bridgehead atoms. The number of fused-ring (bicyclic) bond motifs is 1. The largest absolute Gasteiger partial charge is 0.497 e. The van der Waals surface area contributed by atoms with Crippen molar-refractivity contribution in [1.29, 1.82) is 0 Å². The van der Waals surface area contributed by atoms with Crippen molar-refractivity contribution in [1.82, 2.24) is 4.98 Å². The van der Waals surface area contributed by atoms with Crippen LogP contribution in [0.5, 0.6) is 5.75 Å². The third kappa shape index (κ3) is 5.40. The van der Waals surface area contributed by atoms with Gasteiger partial charge in [-0.15, -0.1) is 11.8 Å². The smallest absolute Gasteiger partial charge is 0.229 e. The lowest BCUT2D eigenvalue weighted by molar-refractivity contribution is -0.118. The lowest BCUT2D eigenvalue weighted by Gasteiger charge is -2.23. The van der Waals surface area contributed by atoms with Gasteiger partial charge in [-0.05, 0) is 68.1 Å². The molecule has 0 spiro atoms. The first-order valence-electron chi connectivity index (χ1n) is 10.6. The molecule has 5 nitrogen and oxygen atoms in total. The molecule has 3 aromatic rings. The van der Waals surface area contributed by atoms with E-state index in [4.69, 9.17) is 14.5 Å². The minimum atomic E-state index is 0.0908. The molecular weight excluding hydrogens is 428 g/mol. The van der Waals surface area contributed by atoms with Gasteiger partial charge in [0.25, 0.3) is 0 Å². The number of aromatic nitrogens is 1. The first kappa shape index (κ1) is 22.1. The maximum absolute atomic E-state index is 13.3. The van der Waals surface area contributed by atoms with Crippen LogP contribution >= 0.6 is 23.1 Å². The molecule has 1 fully saturated rings. The van der Waals surface area contributed by atoms with Crippen molar-refractivity contribution in [3.05, 3.63) is 47.5 Å². The van der Waals surface area contributed by atoms with Crippen LogP contribution in [0.25, 0.3) is 10.2 Å². The summed E-state index contributed by atoms with van der Waals surface area (Å²) in [4.78, 5) is 21.1. The first-order chi connectivity index (χ1) is 15.0. The molecule has 1 aromatic heterocycles. The quantitative estimate of drug-likeness (QED) is 0.412. The molecule has 31 heavy (non-hydrogen) atoms. The maximum Gasteiger partial charge on any atom is 0.229 e. The van der Waals surface area contributed by atoms with E-state index in [1.807, 2.05) is 29.2 Å². The van der Waals surface area contributed by atoms with Gasteiger partial charge in [0, 0.05) is 23.7 Å². The van der Waals surface area contributed by atoms with Crippen molar-refractivity contribution < 1.29 is 14.3 Å². The summed E-state index contributed by atoms with van der Waals surface area (Å²) >= 11 is 3.29. The summed E-state index contributed by atoms with van der Waals surface area (Å²) < 4.78 is 12.2. The number of benzene rings is 2. The predicted molar refractivity (Wildman–Crippen MR) is 129 cm³/mol. The number of ether oxygens (including phenoxy) is 2. The van der Waals surface area contributed by atoms with Gasteiger partial charge in [-0.3, -0.25) is 9.69 Å². The topological polar surface area (TPSA) is 51.7 Å². The maximum atomic E-state index is 13.3. The van der Waals surface area contributed by atoms with E-state index in [0.717, 1.165) is 51.2 Å². The molecule has 2 heterocycles. The number of thiazole rings is 1. The van der Waals surface area contributed by atoms with Crippen LogP contribution in [0, 0.1) is 13.8 Å². The second-order valence-corrected chi connectivity index (χ2v) is 9.99. The van der Waals surface area contributed by atoms with E-state index in [1.54, 1.807) is 30.2 Å². The third-order valence-electron chi connectivity index (χ3n) is 5.40. The molecule has 1 aliphatic heterocycles. The molecule has 2 aromatic carbocycles. The van der Waals surface area contributed by atoms with Gasteiger partial charge in [-0.2, -0.15) is 0 Å². The van der Waals surface area contributed by atoms with Crippen molar-refractivity contribution >= 4 is 44.4 Å². The molecule has 1 aliphatic rings. The molecule has 0 saturated carbocycles. The van der Waals surface area contributed by atoms with E-state index in [1.165, 1.54) is 11.1 Å². The lowest BCUT2D eigenvalue weighted by atomic mass is 10.1. The highest BCUT2D eigenvalue weighted by molar-refractivity contribution is 7.99. The Morgan fingerprint density at radius 1 is 1.29 bits per heavy atom. The zero-order valence-electron chi connectivity index (χ0n) is 18.2. The lowest BCUT2D eigenvalue weighted by Crippen LogP contribution is -2.37. The Morgan fingerprint density at radius 3 is 2.81 bits per heavy atom. The Balaban J connectivity index is 1.48. The van der Waals surface area contributed by atoms with Gasteiger partial charge < -0.3 is 9.47 Å². The number of hydrogen-bond acceptors (Lipinski definition) is 6. The molecular formula is C24H28N2O3S2. The van der Waals surface area contributed by atoms with Gasteiger partial charge in [0.2, 0.25) is 5.91 Å². The van der Waals surface area contributed by atoms with Crippen LogP contribution in [0.15, 0.2) is 41.3 Å². The highest BCUT2D eigenvalue weighted by Crippen LogP contribution is 2.33. The van der Waals surface area contributed by atoms with Gasteiger partial charge in [-0.25, -0.2) is 4.98 Å². The summed E-state index contributed by atoms with van der Waals surface area (Å²) in [5.41, 5.74) is 3.36. The van der Waals surface area contributed by atoms with Crippen molar-refractivity contribution in [2.75, 3.05) is 30.9 Å². The molecule has 1 saturated heterocycles. The molecule has 4 rings (SSSR count). The molecule has 7 heteroatoms. The Labute approximate surface area is 191 Å². The number of hydrogen-bond donors (Lipinski definition) is 0. The van der Waals surface area contributed by atoms with Gasteiger partial charge >= 0.3 is 0 Å². The SMILES string of the molecule is COc1ccc(SCCC(=O)N(CC2CCCO2)c2nc3cc(C)cc(C)c3s2)cc1. The van der Waals surface area contributed by atoms with E-state index in [2.05, 4.69) is 26.0 Å². The fraction of sp³-hybridized carbons (Fsp3) is 0.417. The number of carbonyl (C=O) groups excluding carboxylic acids is 1. The zero-order valence-corrected chi connectivity index (χ0v) is 19.9. The van der Waals surface area contributed by atoms with Crippen molar-refractivity contribution in [2.45, 2.75) is 44.1 Å². The first-order valence-corrected chi connectivity index (χ1v) is 12.4. The fourth-order valence-electron chi connectivity index (χ4n) is 3.82. The second kappa shape index (κ2) is 10.0. The number of thioether (sulfide) groups is 1. The zero-order chi connectivity index (χ0) is 21.8. The molecule has 164 valence electrons. The number of aryl methyl sites for hydroxylation is 2. The summed E-state index contributed by atoms with van der Waals surface area (Å²) in [6, 6.07) is 12.2. The van der Waals surface area contributed by atoms with Crippen LogP contribution in [0.4, 0.5) is 5.13 Å². The summed E-state index contributed by atoms with van der Waals surface area (Å²) in [6.45, 7) is 5.54. The highest BCUT2D eigenvalue weighted by Gasteiger charge is 2.26. The monoisotopic (exact) mass is 456 g/mol. The van der Waals surface area contributed by atoms with E-state index in [0.29, 0.717) is 13.0 Å². The number of nitrogens with zero attached hydrogens (tertiary/aromatic N) is 2. The van der Waals surface area contributed by atoms with Gasteiger partial charge in [0.05, 0.1) is 30.0 Å². The van der Waals surface area contributed by atoms with Crippen LogP contribution in [0.1, 0.15) is 30.4 Å². The molecule has 1 unspecified atom stereocenters. The molecule has 0 N–H and O–H groups in total. The van der Waals surface area contributed by atoms with Crippen LogP contribution < -0.4 is 9.64 Å². The number of rotatable bonds is 8. The van der Waals surface area contributed by atoms with Crippen molar-refractivity contribution in [2.24, 2.45) is 0 Å². The number of anilines is 1. The average Bonchev–Trinajstić information content (AvgIpc) is 3.42. The molecule has 1 amide bonds. The Bertz CT molecular complexity index is 1040. The highest BCUT2D eigenvalue weighted by atomic mass is 32.2. The second-order valence-electron chi connectivity index (χ2n) is 7.84. The van der Waals surface area contributed by atoms with Crippen molar-refractivity contribution in [3.63, 3.8) is 0 Å². The Kier molecular flexibility index (Phi) is 7.15. The normalized spacial score (nSPS) is 16.0. The van der Waals surface area contributed by atoms with Gasteiger partial charge in [-0.1, -0.05) is 17.4 Å². The Hall–Kier alpha value is -2.09. The van der Waals surface area contributed by atoms with Crippen LogP contribution in [0.3, 0.4) is 0 Å². The van der Waals surface area contributed by atoms with Crippen LogP contribution in [-0.4, -0.2) is 43.0 Å². The van der Waals surface area contributed by atoms with E-state index in [9.17, 15) is 4.79 Å². The fourth-order valence-corrected chi connectivity index (χ4v) is 5.71. The minimum absolute atomic E-state index is 0.0908. The summed E-state index contributed by atoms with van der Waals surface area (Å²) in [6.07, 6.45) is 2.59. The molecule has 1 atom stereocenters. The van der Waals surface area contributed by atoms with E-state index >= 15 is 0 Å². The number of amides is 1. The minimum Gasteiger partial charge on any atom is -0.497 e. The standard InChI is InChI=1S/C24H28N2O3S2/c1-16-13-17(2)23-21(14-16)25-24(31-23)26(15-19-5-4-11-29-19)22(27)10-12-30-20-8-6-18(28-3)7-9-20/h6-9,13-14,19H,4-5,10-12,15H2,1-3H3. The summed E-state index contributed by atoms with van der Waals surface area (Å²) in [5.74, 6) is 1.66. The van der Waals surface area contributed by atoms with Crippen molar-refractivity contribution in [3.8, 4) is 5.75 Å². The van der Waals surface area contributed by atoms with Gasteiger partial charge in [0.15, 0.2) is 5.13 Å². The van der Waals surface area contributed by atoms with Crippen LogP contribution in [-0.2, 0) is 9.53 Å². The Morgan fingerprint density at radius 2 is 2.10 bits per heavy atom. The summed E-state index contributed by atoms with van der Waals surface area (Å²) in [7, 11) is 1.66. The molecule has 0 aliphatic carbocycles. The molecule has 0 radical (unpaired) electrons. The number of methoxy groups -OCH3 is 1. The van der Waals surface area contributed by atoms with Crippen LogP contribution in [0.2, 0.25) is 0 Å². The average molecular weight is 457 g/mol. The number of carbonyl (C=O) groups is 1. The summed E-state index contributed by atoms with van der Waals surface area (Å²) in [5, 5.41) is 0.777. The van der Waals surface area contributed by atoms with E-state index in [-0.39, 0.29) is 12.0 Å².